The first-order valence-electron chi connectivity index (χ1n) is 5.60. The van der Waals surface area contributed by atoms with Gasteiger partial charge in [0, 0.05) is 5.56 Å². The van der Waals surface area contributed by atoms with E-state index in [9.17, 15) is 17.6 Å². The van der Waals surface area contributed by atoms with E-state index in [0.29, 0.717) is 5.56 Å². The van der Waals surface area contributed by atoms with Crippen LogP contribution >= 0.6 is 0 Å². The van der Waals surface area contributed by atoms with Crippen LogP contribution in [0.5, 0.6) is 0 Å². The van der Waals surface area contributed by atoms with Gasteiger partial charge in [0.1, 0.15) is 5.82 Å². The van der Waals surface area contributed by atoms with Gasteiger partial charge in [0.15, 0.2) is 17.5 Å². The fourth-order valence-corrected chi connectivity index (χ4v) is 1.95. The van der Waals surface area contributed by atoms with E-state index in [-0.39, 0.29) is 5.56 Å². The Morgan fingerprint density at radius 2 is 1.68 bits per heavy atom. The Labute approximate surface area is 107 Å². The molecule has 1 nitrogen and oxygen atoms in total. The lowest BCUT2D eigenvalue weighted by Gasteiger charge is -2.18. The van der Waals surface area contributed by atoms with Gasteiger partial charge in [0.2, 0.25) is 0 Å². The summed E-state index contributed by atoms with van der Waals surface area (Å²) in [5.74, 6) is -4.55. The molecular weight excluding hydrogens is 258 g/mol. The van der Waals surface area contributed by atoms with Crippen molar-refractivity contribution in [1.82, 2.24) is 5.32 Å². The molecule has 0 amide bonds. The highest BCUT2D eigenvalue weighted by molar-refractivity contribution is 5.33. The van der Waals surface area contributed by atoms with E-state index in [1.807, 2.05) is 0 Å². The van der Waals surface area contributed by atoms with Crippen LogP contribution in [0.15, 0.2) is 36.4 Å². The average molecular weight is 269 g/mol. The molecule has 0 saturated heterocycles. The number of rotatable bonds is 3. The van der Waals surface area contributed by atoms with Crippen LogP contribution in [0, 0.1) is 23.3 Å². The highest BCUT2D eigenvalue weighted by Gasteiger charge is 2.21. The van der Waals surface area contributed by atoms with Crippen LogP contribution in [0.1, 0.15) is 17.2 Å². The van der Waals surface area contributed by atoms with E-state index < -0.39 is 29.3 Å². The first-order valence-corrected chi connectivity index (χ1v) is 5.60. The lowest BCUT2D eigenvalue weighted by atomic mass is 9.98. The van der Waals surface area contributed by atoms with Crippen molar-refractivity contribution in [1.29, 1.82) is 0 Å². The third-order valence-corrected chi connectivity index (χ3v) is 2.85. The predicted octanol–water partition coefficient (Wildman–Crippen LogP) is 3.55. The van der Waals surface area contributed by atoms with Gasteiger partial charge in [0.25, 0.3) is 0 Å². The summed E-state index contributed by atoms with van der Waals surface area (Å²) in [4.78, 5) is 0. The van der Waals surface area contributed by atoms with Crippen LogP contribution in [0.2, 0.25) is 0 Å². The predicted molar refractivity (Wildman–Crippen MR) is 63.6 cm³/mol. The lowest BCUT2D eigenvalue weighted by Crippen LogP contribution is -2.20. The van der Waals surface area contributed by atoms with Gasteiger partial charge in [-0.3, -0.25) is 0 Å². The molecule has 2 aromatic rings. The van der Waals surface area contributed by atoms with Crippen LogP contribution in [-0.2, 0) is 0 Å². The lowest BCUT2D eigenvalue weighted by molar-refractivity contribution is 0.435. The van der Waals surface area contributed by atoms with Crippen LogP contribution in [0.25, 0.3) is 0 Å². The highest BCUT2D eigenvalue weighted by Crippen LogP contribution is 2.26. The van der Waals surface area contributed by atoms with Gasteiger partial charge in [-0.05, 0) is 30.8 Å². The number of hydrogen-bond donors (Lipinski definition) is 1. The molecule has 2 aromatic carbocycles. The molecule has 5 heteroatoms. The molecule has 19 heavy (non-hydrogen) atoms. The Morgan fingerprint density at radius 1 is 0.947 bits per heavy atom. The summed E-state index contributed by atoms with van der Waals surface area (Å²) in [7, 11) is 1.52. The van der Waals surface area contributed by atoms with Gasteiger partial charge in [-0.25, -0.2) is 17.6 Å². The normalized spacial score (nSPS) is 12.5. The van der Waals surface area contributed by atoms with Crippen molar-refractivity contribution in [3.63, 3.8) is 0 Å². The first-order chi connectivity index (χ1) is 9.04. The van der Waals surface area contributed by atoms with Crippen LogP contribution in [-0.4, -0.2) is 7.05 Å². The van der Waals surface area contributed by atoms with Crippen LogP contribution in [0.3, 0.4) is 0 Å². The number of benzene rings is 2. The van der Waals surface area contributed by atoms with Crippen LogP contribution < -0.4 is 5.32 Å². The summed E-state index contributed by atoms with van der Waals surface area (Å²) < 4.78 is 53.0. The van der Waals surface area contributed by atoms with E-state index >= 15 is 0 Å². The molecule has 100 valence electrons. The van der Waals surface area contributed by atoms with E-state index in [1.54, 1.807) is 6.07 Å². The number of nitrogens with one attached hydrogen (secondary N) is 1. The quantitative estimate of drug-likeness (QED) is 0.663. The monoisotopic (exact) mass is 269 g/mol. The SMILES string of the molecule is CNC(c1cccc(F)c1)c1ccc(F)c(F)c1F. The molecule has 0 aliphatic carbocycles. The summed E-state index contributed by atoms with van der Waals surface area (Å²) in [5.41, 5.74) is 0.347. The van der Waals surface area contributed by atoms with Gasteiger partial charge in [0.05, 0.1) is 6.04 Å². The Hall–Kier alpha value is -1.88. The zero-order valence-electron chi connectivity index (χ0n) is 10.1. The van der Waals surface area contributed by atoms with Gasteiger partial charge in [-0.2, -0.15) is 0 Å². The topological polar surface area (TPSA) is 12.0 Å². The summed E-state index contributed by atoms with van der Waals surface area (Å²) in [6.45, 7) is 0. The zero-order chi connectivity index (χ0) is 14.0. The number of hydrogen-bond acceptors (Lipinski definition) is 1. The second-order valence-corrected chi connectivity index (χ2v) is 4.04. The van der Waals surface area contributed by atoms with E-state index in [2.05, 4.69) is 5.32 Å². The smallest absolute Gasteiger partial charge is 0.194 e. The maximum absolute atomic E-state index is 13.7. The van der Waals surface area contributed by atoms with E-state index in [0.717, 1.165) is 12.1 Å². The average Bonchev–Trinajstić information content (AvgIpc) is 2.40. The van der Waals surface area contributed by atoms with Crippen molar-refractivity contribution in [2.24, 2.45) is 0 Å². The van der Waals surface area contributed by atoms with Crippen LogP contribution in [0.4, 0.5) is 17.6 Å². The van der Waals surface area contributed by atoms with E-state index in [4.69, 9.17) is 0 Å². The molecule has 0 aliphatic rings. The Bertz CT molecular complexity index is 598. The van der Waals surface area contributed by atoms with Crippen molar-refractivity contribution < 1.29 is 17.6 Å². The molecule has 0 bridgehead atoms. The summed E-state index contributed by atoms with van der Waals surface area (Å²) in [6, 6.07) is 6.72. The maximum atomic E-state index is 13.7. The fourth-order valence-electron chi connectivity index (χ4n) is 1.95. The first kappa shape index (κ1) is 13.5. The molecule has 0 saturated carbocycles. The summed E-state index contributed by atoms with van der Waals surface area (Å²) >= 11 is 0. The molecule has 0 heterocycles. The maximum Gasteiger partial charge on any atom is 0.194 e. The van der Waals surface area contributed by atoms with Crippen molar-refractivity contribution in [2.75, 3.05) is 7.05 Å². The minimum Gasteiger partial charge on any atom is -0.309 e. The van der Waals surface area contributed by atoms with Gasteiger partial charge in [-0.1, -0.05) is 18.2 Å². The highest BCUT2D eigenvalue weighted by atomic mass is 19.2. The van der Waals surface area contributed by atoms with E-state index in [1.165, 1.54) is 25.2 Å². The molecule has 0 spiro atoms. The summed E-state index contributed by atoms with van der Waals surface area (Å²) in [5, 5.41) is 2.75. The standard InChI is InChI=1S/C14H11F4N/c1-19-14(8-3-2-4-9(15)7-8)10-5-6-11(16)13(18)12(10)17/h2-7,14,19H,1H3. The molecule has 1 unspecified atom stereocenters. The number of halogens is 4. The molecule has 0 aromatic heterocycles. The fraction of sp³-hybridized carbons (Fsp3) is 0.143. The Balaban J connectivity index is 2.51. The second kappa shape index (κ2) is 5.40. The largest absolute Gasteiger partial charge is 0.309 e. The van der Waals surface area contributed by atoms with Crippen molar-refractivity contribution in [3.8, 4) is 0 Å². The third-order valence-electron chi connectivity index (χ3n) is 2.85. The minimum atomic E-state index is -1.53. The third kappa shape index (κ3) is 2.61. The summed E-state index contributed by atoms with van der Waals surface area (Å²) in [6.07, 6.45) is 0. The van der Waals surface area contributed by atoms with Gasteiger partial charge < -0.3 is 5.32 Å². The van der Waals surface area contributed by atoms with Crippen molar-refractivity contribution in [3.05, 3.63) is 70.8 Å². The molecule has 1 atom stereocenters. The molecule has 2 rings (SSSR count). The van der Waals surface area contributed by atoms with Crippen molar-refractivity contribution in [2.45, 2.75) is 6.04 Å². The molecule has 1 N–H and O–H groups in total. The minimum absolute atomic E-state index is 0.0769. The Morgan fingerprint density at radius 3 is 2.32 bits per heavy atom. The molecule has 0 radical (unpaired) electrons. The Kier molecular flexibility index (Phi) is 3.85. The molecule has 0 aliphatic heterocycles. The second-order valence-electron chi connectivity index (χ2n) is 4.04. The molecular formula is C14H11F4N. The van der Waals surface area contributed by atoms with Crippen molar-refractivity contribution >= 4 is 0 Å². The van der Waals surface area contributed by atoms with Gasteiger partial charge >= 0.3 is 0 Å². The zero-order valence-corrected chi connectivity index (χ0v) is 10.1. The van der Waals surface area contributed by atoms with Gasteiger partial charge in [-0.15, -0.1) is 0 Å². The molecule has 0 fully saturated rings.